The van der Waals surface area contributed by atoms with Gasteiger partial charge in [-0.05, 0) is 43.0 Å². The van der Waals surface area contributed by atoms with Crippen molar-refractivity contribution in [3.8, 4) is 0 Å². The maximum atomic E-state index is 5.61. The summed E-state index contributed by atoms with van der Waals surface area (Å²) in [6, 6.07) is 4.67. The van der Waals surface area contributed by atoms with Crippen LogP contribution in [0, 0.1) is 20.8 Å². The van der Waals surface area contributed by atoms with E-state index in [9.17, 15) is 0 Å². The average Bonchev–Trinajstić information content (AvgIpc) is 2.38. The van der Waals surface area contributed by atoms with Gasteiger partial charge in [0.05, 0.1) is 0 Å². The van der Waals surface area contributed by atoms with Crippen LogP contribution in [0.3, 0.4) is 0 Å². The Bertz CT molecular complexity index is 420. The predicted octanol–water partition coefficient (Wildman–Crippen LogP) is 1.69. The van der Waals surface area contributed by atoms with Crippen molar-refractivity contribution in [2.75, 3.05) is 39.3 Å². The fraction of sp³-hybridized carbons (Fsp3) is 0.625. The zero-order chi connectivity index (χ0) is 13.8. The molecule has 1 aromatic carbocycles. The van der Waals surface area contributed by atoms with Crippen molar-refractivity contribution in [1.82, 2.24) is 9.80 Å². The number of benzene rings is 1. The van der Waals surface area contributed by atoms with E-state index in [0.29, 0.717) is 0 Å². The second-order valence-electron chi connectivity index (χ2n) is 5.77. The highest BCUT2D eigenvalue weighted by Gasteiger charge is 2.16. The van der Waals surface area contributed by atoms with Crippen LogP contribution in [-0.4, -0.2) is 49.1 Å². The summed E-state index contributed by atoms with van der Waals surface area (Å²) >= 11 is 0. The lowest BCUT2D eigenvalue weighted by Crippen LogP contribution is -2.47. The van der Waals surface area contributed by atoms with Crippen molar-refractivity contribution >= 4 is 0 Å². The highest BCUT2D eigenvalue weighted by Crippen LogP contribution is 2.17. The van der Waals surface area contributed by atoms with Gasteiger partial charge in [0.25, 0.3) is 0 Å². The number of aryl methyl sites for hydroxylation is 3. The molecule has 0 radical (unpaired) electrons. The molecule has 1 fully saturated rings. The third-order valence-electron chi connectivity index (χ3n) is 4.26. The first-order valence-corrected chi connectivity index (χ1v) is 7.31. The van der Waals surface area contributed by atoms with Gasteiger partial charge in [0.15, 0.2) is 0 Å². The summed E-state index contributed by atoms with van der Waals surface area (Å²) in [6.07, 6.45) is 0. The van der Waals surface area contributed by atoms with Gasteiger partial charge in [0.1, 0.15) is 0 Å². The van der Waals surface area contributed by atoms with Crippen molar-refractivity contribution in [2.45, 2.75) is 27.3 Å². The van der Waals surface area contributed by atoms with Gasteiger partial charge < -0.3 is 5.73 Å². The number of rotatable bonds is 4. The molecule has 2 N–H and O–H groups in total. The van der Waals surface area contributed by atoms with Crippen molar-refractivity contribution in [3.05, 3.63) is 34.4 Å². The van der Waals surface area contributed by atoms with Gasteiger partial charge in [-0.2, -0.15) is 0 Å². The SMILES string of the molecule is Cc1cc(C)c(CN2CCN(CCN)CC2)cc1C. The Balaban J connectivity index is 1.94. The van der Waals surface area contributed by atoms with Gasteiger partial charge in [0.2, 0.25) is 0 Å². The smallest absolute Gasteiger partial charge is 0.0237 e. The molecule has 106 valence electrons. The first-order chi connectivity index (χ1) is 9.10. The lowest BCUT2D eigenvalue weighted by Gasteiger charge is -2.34. The minimum Gasteiger partial charge on any atom is -0.329 e. The van der Waals surface area contributed by atoms with E-state index in [1.807, 2.05) is 0 Å². The molecule has 19 heavy (non-hydrogen) atoms. The molecular formula is C16H27N3. The number of nitrogens with zero attached hydrogens (tertiary/aromatic N) is 2. The van der Waals surface area contributed by atoms with Crippen LogP contribution in [0.1, 0.15) is 22.3 Å². The van der Waals surface area contributed by atoms with Gasteiger partial charge in [-0.3, -0.25) is 9.80 Å². The predicted molar refractivity (Wildman–Crippen MR) is 81.4 cm³/mol. The second kappa shape index (κ2) is 6.51. The highest BCUT2D eigenvalue weighted by atomic mass is 15.3. The van der Waals surface area contributed by atoms with Crippen molar-refractivity contribution in [2.24, 2.45) is 5.73 Å². The zero-order valence-corrected chi connectivity index (χ0v) is 12.6. The van der Waals surface area contributed by atoms with Crippen LogP contribution in [0.4, 0.5) is 0 Å². The van der Waals surface area contributed by atoms with Crippen LogP contribution in [0.15, 0.2) is 12.1 Å². The van der Waals surface area contributed by atoms with E-state index in [-0.39, 0.29) is 0 Å². The van der Waals surface area contributed by atoms with E-state index >= 15 is 0 Å². The molecule has 0 spiro atoms. The van der Waals surface area contributed by atoms with Gasteiger partial charge in [-0.15, -0.1) is 0 Å². The molecule has 1 aliphatic rings. The minimum atomic E-state index is 0.774. The van der Waals surface area contributed by atoms with Crippen LogP contribution in [0.5, 0.6) is 0 Å². The van der Waals surface area contributed by atoms with Gasteiger partial charge in [-0.25, -0.2) is 0 Å². The summed E-state index contributed by atoms with van der Waals surface area (Å²) in [4.78, 5) is 5.02. The summed E-state index contributed by atoms with van der Waals surface area (Å²) in [5.41, 5.74) is 11.3. The van der Waals surface area contributed by atoms with E-state index in [1.165, 1.54) is 22.3 Å². The number of piperazine rings is 1. The monoisotopic (exact) mass is 261 g/mol. The highest BCUT2D eigenvalue weighted by molar-refractivity contribution is 5.36. The van der Waals surface area contributed by atoms with E-state index in [1.54, 1.807) is 0 Å². The van der Waals surface area contributed by atoms with E-state index < -0.39 is 0 Å². The number of nitrogens with two attached hydrogens (primary N) is 1. The quantitative estimate of drug-likeness (QED) is 0.895. The molecule has 1 saturated heterocycles. The molecule has 0 aliphatic carbocycles. The molecule has 1 heterocycles. The molecule has 2 rings (SSSR count). The summed E-state index contributed by atoms with van der Waals surface area (Å²) in [5, 5.41) is 0. The molecule has 0 unspecified atom stereocenters. The first-order valence-electron chi connectivity index (χ1n) is 7.31. The largest absolute Gasteiger partial charge is 0.329 e. The fourth-order valence-corrected chi connectivity index (χ4v) is 2.79. The van der Waals surface area contributed by atoms with Gasteiger partial charge in [0, 0.05) is 45.8 Å². The summed E-state index contributed by atoms with van der Waals surface area (Å²) in [5.74, 6) is 0. The Labute approximate surface area is 117 Å². The first kappa shape index (κ1) is 14.5. The maximum absolute atomic E-state index is 5.61. The fourth-order valence-electron chi connectivity index (χ4n) is 2.79. The van der Waals surface area contributed by atoms with E-state index in [0.717, 1.165) is 45.8 Å². The minimum absolute atomic E-state index is 0.774. The Morgan fingerprint density at radius 1 is 0.895 bits per heavy atom. The molecule has 3 nitrogen and oxygen atoms in total. The molecule has 0 amide bonds. The maximum Gasteiger partial charge on any atom is 0.0237 e. The van der Waals surface area contributed by atoms with Gasteiger partial charge >= 0.3 is 0 Å². The third-order valence-corrected chi connectivity index (χ3v) is 4.26. The van der Waals surface area contributed by atoms with Crippen LogP contribution >= 0.6 is 0 Å². The molecule has 0 saturated carbocycles. The standard InChI is InChI=1S/C16H27N3/c1-13-10-15(3)16(11-14(13)2)12-19-8-6-18(5-4-17)7-9-19/h10-11H,4-9,12,17H2,1-3H3. The summed E-state index contributed by atoms with van der Waals surface area (Å²) < 4.78 is 0. The van der Waals surface area contributed by atoms with E-state index in [4.69, 9.17) is 5.73 Å². The Morgan fingerprint density at radius 2 is 1.47 bits per heavy atom. The Morgan fingerprint density at radius 3 is 2.11 bits per heavy atom. The van der Waals surface area contributed by atoms with Crippen LogP contribution < -0.4 is 5.73 Å². The molecule has 0 bridgehead atoms. The molecule has 0 atom stereocenters. The van der Waals surface area contributed by atoms with Crippen molar-refractivity contribution in [1.29, 1.82) is 0 Å². The summed E-state index contributed by atoms with van der Waals surface area (Å²) in [7, 11) is 0. The molecule has 0 aromatic heterocycles. The van der Waals surface area contributed by atoms with Crippen LogP contribution in [-0.2, 0) is 6.54 Å². The molecule has 1 aromatic rings. The molecule has 1 aliphatic heterocycles. The topological polar surface area (TPSA) is 32.5 Å². The van der Waals surface area contributed by atoms with E-state index in [2.05, 4.69) is 42.7 Å². The number of hydrogen-bond acceptors (Lipinski definition) is 3. The van der Waals surface area contributed by atoms with Crippen LogP contribution in [0.2, 0.25) is 0 Å². The third kappa shape index (κ3) is 3.78. The van der Waals surface area contributed by atoms with Crippen LogP contribution in [0.25, 0.3) is 0 Å². The molecule has 3 heteroatoms. The number of hydrogen-bond donors (Lipinski definition) is 1. The Hall–Kier alpha value is -0.900. The average molecular weight is 261 g/mol. The van der Waals surface area contributed by atoms with Crippen molar-refractivity contribution < 1.29 is 0 Å². The molecular weight excluding hydrogens is 234 g/mol. The lowest BCUT2D eigenvalue weighted by molar-refractivity contribution is 0.129. The Kier molecular flexibility index (Phi) is 4.97. The lowest BCUT2D eigenvalue weighted by atomic mass is 10.0. The zero-order valence-electron chi connectivity index (χ0n) is 12.6. The van der Waals surface area contributed by atoms with Crippen molar-refractivity contribution in [3.63, 3.8) is 0 Å². The normalized spacial score (nSPS) is 17.9. The van der Waals surface area contributed by atoms with Gasteiger partial charge in [-0.1, -0.05) is 12.1 Å². The summed E-state index contributed by atoms with van der Waals surface area (Å²) in [6.45, 7) is 14.2. The second-order valence-corrected chi connectivity index (χ2v) is 5.77.